The first-order chi connectivity index (χ1) is 15.7. The van der Waals surface area contributed by atoms with Crippen LogP contribution in [0.3, 0.4) is 0 Å². The predicted octanol–water partition coefficient (Wildman–Crippen LogP) is 10.4. The van der Waals surface area contributed by atoms with E-state index in [0.29, 0.717) is 12.5 Å². The van der Waals surface area contributed by atoms with Gasteiger partial charge in [0, 0.05) is 0 Å². The highest BCUT2D eigenvalue weighted by Gasteiger charge is 2.27. The Labute approximate surface area is 203 Å². The Morgan fingerprint density at radius 1 is 0.531 bits per heavy atom. The van der Waals surface area contributed by atoms with E-state index in [1.165, 1.54) is 109 Å². The number of ether oxygens (including phenoxy) is 1. The largest absolute Gasteiger partial charge is 0.465 e. The van der Waals surface area contributed by atoms with Gasteiger partial charge in [0.2, 0.25) is 0 Å². The fraction of sp³-hybridized carbons (Fsp3) is 0.967. The van der Waals surface area contributed by atoms with Crippen molar-refractivity contribution < 1.29 is 9.53 Å². The summed E-state index contributed by atoms with van der Waals surface area (Å²) >= 11 is 0. The predicted molar refractivity (Wildman–Crippen MR) is 142 cm³/mol. The zero-order chi connectivity index (χ0) is 23.7. The van der Waals surface area contributed by atoms with Crippen molar-refractivity contribution in [1.29, 1.82) is 0 Å². The lowest BCUT2D eigenvalue weighted by Gasteiger charge is -2.25. The van der Waals surface area contributed by atoms with E-state index in [1.807, 2.05) is 0 Å². The molecule has 0 aromatic rings. The molecule has 0 fully saturated rings. The van der Waals surface area contributed by atoms with E-state index in [4.69, 9.17) is 4.74 Å². The fourth-order valence-electron chi connectivity index (χ4n) is 4.89. The molecule has 2 heteroatoms. The molecular formula is C30H60O2. The number of hydrogen-bond donors (Lipinski definition) is 0. The van der Waals surface area contributed by atoms with Crippen LogP contribution < -0.4 is 0 Å². The normalized spacial score (nSPS) is 13.2. The van der Waals surface area contributed by atoms with Gasteiger partial charge in [0.15, 0.2) is 0 Å². The fourth-order valence-corrected chi connectivity index (χ4v) is 4.89. The number of carbonyl (C=O) groups is 1. The van der Waals surface area contributed by atoms with E-state index in [0.717, 1.165) is 32.1 Å². The monoisotopic (exact) mass is 452 g/mol. The van der Waals surface area contributed by atoms with Crippen molar-refractivity contribution in [3.05, 3.63) is 0 Å². The molecular weight excluding hydrogens is 392 g/mol. The lowest BCUT2D eigenvalue weighted by atomic mass is 9.82. The SMILES string of the molecule is CCCCCCCCCCCCCCCCOC(=O)C(CCCC)C(CC)CCCCC. The summed E-state index contributed by atoms with van der Waals surface area (Å²) in [5, 5.41) is 0. The van der Waals surface area contributed by atoms with Crippen LogP contribution in [-0.4, -0.2) is 12.6 Å². The summed E-state index contributed by atoms with van der Waals surface area (Å²) in [5.41, 5.74) is 0. The first-order valence-corrected chi connectivity index (χ1v) is 14.9. The van der Waals surface area contributed by atoms with Crippen molar-refractivity contribution in [3.63, 3.8) is 0 Å². The van der Waals surface area contributed by atoms with Gasteiger partial charge >= 0.3 is 5.97 Å². The summed E-state index contributed by atoms with van der Waals surface area (Å²) in [6.45, 7) is 9.63. The first-order valence-electron chi connectivity index (χ1n) is 14.9. The maximum atomic E-state index is 12.8. The van der Waals surface area contributed by atoms with Crippen LogP contribution >= 0.6 is 0 Å². The molecule has 0 aliphatic heterocycles. The molecule has 2 unspecified atom stereocenters. The molecule has 0 saturated heterocycles. The molecule has 2 nitrogen and oxygen atoms in total. The van der Waals surface area contributed by atoms with Crippen LogP contribution in [0.1, 0.15) is 169 Å². The minimum atomic E-state index is 0.0940. The molecule has 2 atom stereocenters. The maximum absolute atomic E-state index is 12.8. The molecule has 0 aromatic carbocycles. The zero-order valence-electron chi connectivity index (χ0n) is 22.7. The average Bonchev–Trinajstić information content (AvgIpc) is 2.80. The van der Waals surface area contributed by atoms with Gasteiger partial charge in [-0.25, -0.2) is 0 Å². The summed E-state index contributed by atoms with van der Waals surface area (Å²) in [5.74, 6) is 0.733. The Balaban J connectivity index is 3.78. The molecule has 0 aliphatic rings. The molecule has 32 heavy (non-hydrogen) atoms. The van der Waals surface area contributed by atoms with E-state index >= 15 is 0 Å². The van der Waals surface area contributed by atoms with Gasteiger partial charge in [0.05, 0.1) is 12.5 Å². The van der Waals surface area contributed by atoms with Gasteiger partial charge in [-0.3, -0.25) is 4.79 Å². The topological polar surface area (TPSA) is 26.3 Å². The van der Waals surface area contributed by atoms with Crippen LogP contribution in [-0.2, 0) is 9.53 Å². The molecule has 192 valence electrons. The van der Waals surface area contributed by atoms with Gasteiger partial charge in [-0.15, -0.1) is 0 Å². The van der Waals surface area contributed by atoms with Crippen molar-refractivity contribution in [3.8, 4) is 0 Å². The lowest BCUT2D eigenvalue weighted by Crippen LogP contribution is -2.26. The molecule has 0 aromatic heterocycles. The molecule has 0 rings (SSSR count). The standard InChI is InChI=1S/C30H60O2/c1-5-9-12-13-14-15-16-17-18-19-20-21-22-24-27-32-30(31)29(26-11-7-3)28(8-4)25-23-10-6-2/h28-29H,5-27H2,1-4H3. The van der Waals surface area contributed by atoms with Crippen LogP contribution in [0.25, 0.3) is 0 Å². The number of unbranched alkanes of at least 4 members (excludes halogenated alkanes) is 16. The Bertz CT molecular complexity index is 379. The minimum Gasteiger partial charge on any atom is -0.465 e. The Kier molecular flexibility index (Phi) is 24.7. The third-order valence-corrected chi connectivity index (χ3v) is 7.19. The molecule has 0 heterocycles. The van der Waals surface area contributed by atoms with Crippen molar-refractivity contribution >= 4 is 5.97 Å². The molecule has 0 bridgehead atoms. The summed E-state index contributed by atoms with van der Waals surface area (Å²) < 4.78 is 5.76. The van der Waals surface area contributed by atoms with Gasteiger partial charge in [-0.05, 0) is 25.2 Å². The van der Waals surface area contributed by atoms with Gasteiger partial charge in [0.25, 0.3) is 0 Å². The van der Waals surface area contributed by atoms with E-state index in [9.17, 15) is 4.79 Å². The third kappa shape index (κ3) is 19.0. The van der Waals surface area contributed by atoms with Crippen molar-refractivity contribution in [2.24, 2.45) is 11.8 Å². The van der Waals surface area contributed by atoms with Gasteiger partial charge in [-0.2, -0.15) is 0 Å². The molecule has 0 aliphatic carbocycles. The smallest absolute Gasteiger partial charge is 0.309 e. The second-order valence-electron chi connectivity index (χ2n) is 10.2. The summed E-state index contributed by atoms with van der Waals surface area (Å²) in [7, 11) is 0. The van der Waals surface area contributed by atoms with Crippen LogP contribution in [0.15, 0.2) is 0 Å². The van der Waals surface area contributed by atoms with E-state index in [-0.39, 0.29) is 11.9 Å². The summed E-state index contributed by atoms with van der Waals surface area (Å²) in [6, 6.07) is 0. The van der Waals surface area contributed by atoms with Crippen LogP contribution in [0.2, 0.25) is 0 Å². The van der Waals surface area contributed by atoms with Gasteiger partial charge in [0.1, 0.15) is 0 Å². The molecule has 0 amide bonds. The lowest BCUT2D eigenvalue weighted by molar-refractivity contribution is -0.151. The number of hydrogen-bond acceptors (Lipinski definition) is 2. The highest BCUT2D eigenvalue weighted by atomic mass is 16.5. The quantitative estimate of drug-likeness (QED) is 0.102. The maximum Gasteiger partial charge on any atom is 0.309 e. The van der Waals surface area contributed by atoms with E-state index in [2.05, 4.69) is 27.7 Å². The Morgan fingerprint density at radius 3 is 1.44 bits per heavy atom. The zero-order valence-corrected chi connectivity index (χ0v) is 22.7. The van der Waals surface area contributed by atoms with Gasteiger partial charge in [-0.1, -0.05) is 150 Å². The minimum absolute atomic E-state index is 0.0940. The van der Waals surface area contributed by atoms with Crippen LogP contribution in [0.4, 0.5) is 0 Å². The van der Waals surface area contributed by atoms with E-state index < -0.39 is 0 Å². The summed E-state index contributed by atoms with van der Waals surface area (Å²) in [6.07, 6.45) is 28.4. The Hall–Kier alpha value is -0.530. The third-order valence-electron chi connectivity index (χ3n) is 7.19. The van der Waals surface area contributed by atoms with Crippen molar-refractivity contribution in [2.75, 3.05) is 6.61 Å². The molecule has 0 spiro atoms. The number of rotatable bonds is 25. The summed E-state index contributed by atoms with van der Waals surface area (Å²) in [4.78, 5) is 12.8. The number of carbonyl (C=O) groups excluding carboxylic acids is 1. The van der Waals surface area contributed by atoms with Crippen LogP contribution in [0, 0.1) is 11.8 Å². The molecule has 0 saturated carbocycles. The average molecular weight is 453 g/mol. The second-order valence-corrected chi connectivity index (χ2v) is 10.2. The van der Waals surface area contributed by atoms with Crippen molar-refractivity contribution in [2.45, 2.75) is 169 Å². The van der Waals surface area contributed by atoms with Gasteiger partial charge < -0.3 is 4.74 Å². The highest BCUT2D eigenvalue weighted by Crippen LogP contribution is 2.28. The second kappa shape index (κ2) is 25.1. The molecule has 0 radical (unpaired) electrons. The first kappa shape index (κ1) is 31.5. The number of esters is 1. The van der Waals surface area contributed by atoms with Crippen LogP contribution in [0.5, 0.6) is 0 Å². The highest BCUT2D eigenvalue weighted by molar-refractivity contribution is 5.72. The van der Waals surface area contributed by atoms with Crippen molar-refractivity contribution in [1.82, 2.24) is 0 Å². The van der Waals surface area contributed by atoms with E-state index in [1.54, 1.807) is 0 Å². The Morgan fingerprint density at radius 2 is 0.969 bits per heavy atom. The molecule has 0 N–H and O–H groups in total.